The van der Waals surface area contributed by atoms with Crippen LogP contribution in [0.15, 0.2) is 59.1 Å². The largest absolute Gasteiger partial charge is 0.497 e. The normalized spacial score (nSPS) is 14.5. The zero-order valence-electron chi connectivity index (χ0n) is 18.3. The first-order valence-corrected chi connectivity index (χ1v) is 11.6. The lowest BCUT2D eigenvalue weighted by Crippen LogP contribution is -2.43. The zero-order valence-corrected chi connectivity index (χ0v) is 19.1. The van der Waals surface area contributed by atoms with Crippen molar-refractivity contribution >= 4 is 32.6 Å². The third-order valence-corrected chi connectivity index (χ3v) is 6.65. The molecule has 1 aliphatic heterocycles. The average Bonchev–Trinajstić information content (AvgIpc) is 3.52. The number of carbonyl (C=O) groups is 1. The Hall–Kier alpha value is -3.27. The Morgan fingerprint density at radius 3 is 2.76 bits per heavy atom. The van der Waals surface area contributed by atoms with Crippen molar-refractivity contribution in [1.82, 2.24) is 15.0 Å². The molecule has 0 bridgehead atoms. The fourth-order valence-electron chi connectivity index (χ4n) is 3.74. The molecule has 0 aliphatic carbocycles. The van der Waals surface area contributed by atoms with Crippen LogP contribution in [0.25, 0.3) is 21.5 Å². The molecule has 0 atom stereocenters. The fraction of sp³-hybridized carbons (Fsp3) is 0.292. The highest BCUT2D eigenvalue weighted by Crippen LogP contribution is 2.32. The van der Waals surface area contributed by atoms with Gasteiger partial charge in [0.2, 0.25) is 0 Å². The maximum Gasteiger partial charge on any atom is 0.282 e. The highest BCUT2D eigenvalue weighted by molar-refractivity contribution is 7.22. The summed E-state index contributed by atoms with van der Waals surface area (Å²) in [6.45, 7) is 4.32. The van der Waals surface area contributed by atoms with E-state index >= 15 is 0 Å². The molecule has 0 saturated carbocycles. The molecule has 5 rings (SSSR count). The van der Waals surface area contributed by atoms with Gasteiger partial charge in [-0.15, -0.1) is 0 Å². The van der Waals surface area contributed by atoms with Crippen LogP contribution in [-0.2, 0) is 4.74 Å². The van der Waals surface area contributed by atoms with Gasteiger partial charge < -0.3 is 14.0 Å². The van der Waals surface area contributed by atoms with Crippen molar-refractivity contribution in [2.24, 2.45) is 0 Å². The summed E-state index contributed by atoms with van der Waals surface area (Å²) in [7, 11) is 1.63. The fourth-order valence-corrected chi connectivity index (χ4v) is 4.71. The molecule has 33 heavy (non-hydrogen) atoms. The van der Waals surface area contributed by atoms with Crippen LogP contribution >= 0.6 is 11.3 Å². The number of aromatic nitrogens is 2. The van der Waals surface area contributed by atoms with E-state index in [4.69, 9.17) is 19.0 Å². The van der Waals surface area contributed by atoms with Gasteiger partial charge in [0.15, 0.2) is 16.6 Å². The van der Waals surface area contributed by atoms with E-state index in [1.165, 1.54) is 11.3 Å². The van der Waals surface area contributed by atoms with Crippen molar-refractivity contribution in [1.29, 1.82) is 0 Å². The van der Waals surface area contributed by atoms with Crippen molar-refractivity contribution in [3.8, 4) is 17.1 Å². The topological polar surface area (TPSA) is 80.9 Å². The summed E-state index contributed by atoms with van der Waals surface area (Å²) in [5.74, 6) is 1.05. The lowest BCUT2D eigenvalue weighted by atomic mass is 10.1. The van der Waals surface area contributed by atoms with E-state index in [1.807, 2.05) is 48.5 Å². The quantitative estimate of drug-likeness (QED) is 0.410. The van der Waals surface area contributed by atoms with Gasteiger partial charge in [-0.25, -0.2) is 4.98 Å². The number of anilines is 1. The van der Waals surface area contributed by atoms with Crippen molar-refractivity contribution in [2.45, 2.75) is 0 Å². The highest BCUT2D eigenvalue weighted by Gasteiger charge is 2.26. The Morgan fingerprint density at radius 1 is 1.15 bits per heavy atom. The number of carbonyl (C=O) groups excluding carboxylic acids is 1. The summed E-state index contributed by atoms with van der Waals surface area (Å²) in [5, 5.41) is 4.70. The van der Waals surface area contributed by atoms with E-state index in [0.717, 1.165) is 41.2 Å². The first-order chi connectivity index (χ1) is 16.2. The second kappa shape index (κ2) is 9.70. The Labute approximate surface area is 195 Å². The molecule has 1 amide bonds. The summed E-state index contributed by atoms with van der Waals surface area (Å²) in [6, 6.07) is 17.0. The zero-order chi connectivity index (χ0) is 22.6. The van der Waals surface area contributed by atoms with Crippen molar-refractivity contribution in [3.63, 3.8) is 0 Å². The van der Waals surface area contributed by atoms with Crippen LogP contribution in [0.1, 0.15) is 10.5 Å². The first kappa shape index (κ1) is 21.6. The first-order valence-electron chi connectivity index (χ1n) is 10.8. The van der Waals surface area contributed by atoms with Gasteiger partial charge >= 0.3 is 0 Å². The Kier molecular flexibility index (Phi) is 6.34. The standard InChI is InChI=1S/C24H24N4O4S/c1-30-18-7-8-22-19(15-18)25-24(33-22)28(10-9-27-11-13-31-14-12-27)23(29)20-16-21(32-26-20)17-5-3-2-4-6-17/h2-8,15-16H,9-14H2,1H3. The van der Waals surface area contributed by atoms with Gasteiger partial charge in [0.05, 0.1) is 30.5 Å². The number of amides is 1. The van der Waals surface area contributed by atoms with Crippen LogP contribution < -0.4 is 9.64 Å². The van der Waals surface area contributed by atoms with Crippen LogP contribution in [-0.4, -0.2) is 67.5 Å². The molecule has 4 aromatic rings. The van der Waals surface area contributed by atoms with Gasteiger partial charge in [-0.05, 0) is 12.1 Å². The smallest absolute Gasteiger partial charge is 0.282 e. The van der Waals surface area contributed by atoms with Crippen LogP contribution in [0, 0.1) is 0 Å². The number of fused-ring (bicyclic) bond motifs is 1. The van der Waals surface area contributed by atoms with Crippen LogP contribution in [0.3, 0.4) is 0 Å². The van der Waals surface area contributed by atoms with E-state index in [1.54, 1.807) is 18.1 Å². The highest BCUT2D eigenvalue weighted by atomic mass is 32.1. The maximum atomic E-state index is 13.6. The number of thiazole rings is 1. The summed E-state index contributed by atoms with van der Waals surface area (Å²) >= 11 is 1.47. The third kappa shape index (κ3) is 4.75. The van der Waals surface area contributed by atoms with E-state index in [0.29, 0.717) is 30.7 Å². The SMILES string of the molecule is COc1ccc2sc(N(CCN3CCOCC3)C(=O)c3cc(-c4ccccc4)on3)nc2c1. The Balaban J connectivity index is 1.44. The molecule has 3 heterocycles. The van der Waals surface area contributed by atoms with E-state index in [9.17, 15) is 4.79 Å². The van der Waals surface area contributed by atoms with Crippen molar-refractivity contribution < 1.29 is 18.8 Å². The van der Waals surface area contributed by atoms with Crippen LogP contribution in [0.2, 0.25) is 0 Å². The number of morpholine rings is 1. The number of hydrogen-bond donors (Lipinski definition) is 0. The minimum Gasteiger partial charge on any atom is -0.497 e. The van der Waals surface area contributed by atoms with Gasteiger partial charge in [0.25, 0.3) is 5.91 Å². The summed E-state index contributed by atoms with van der Waals surface area (Å²) in [4.78, 5) is 22.3. The minimum absolute atomic E-state index is 0.236. The molecule has 1 fully saturated rings. The molecule has 1 saturated heterocycles. The molecule has 2 aromatic heterocycles. The van der Waals surface area contributed by atoms with Gasteiger partial charge in [0, 0.05) is 43.9 Å². The summed E-state index contributed by atoms with van der Waals surface area (Å²) < 4.78 is 17.2. The molecule has 0 spiro atoms. The molecule has 1 aliphatic rings. The summed E-state index contributed by atoms with van der Waals surface area (Å²) in [6.07, 6.45) is 0. The van der Waals surface area contributed by atoms with Gasteiger partial charge in [-0.2, -0.15) is 0 Å². The lowest BCUT2D eigenvalue weighted by Gasteiger charge is -2.28. The maximum absolute atomic E-state index is 13.6. The molecular weight excluding hydrogens is 440 g/mol. The molecule has 9 heteroatoms. The summed E-state index contributed by atoms with van der Waals surface area (Å²) in [5.41, 5.74) is 1.92. The van der Waals surface area contributed by atoms with E-state index in [-0.39, 0.29) is 11.6 Å². The minimum atomic E-state index is -0.236. The number of hydrogen-bond acceptors (Lipinski definition) is 8. The van der Waals surface area contributed by atoms with Gasteiger partial charge in [-0.3, -0.25) is 14.6 Å². The number of benzene rings is 2. The van der Waals surface area contributed by atoms with E-state index in [2.05, 4.69) is 10.1 Å². The Bertz CT molecular complexity index is 1230. The van der Waals surface area contributed by atoms with E-state index < -0.39 is 0 Å². The average molecular weight is 465 g/mol. The molecule has 2 aromatic carbocycles. The van der Waals surface area contributed by atoms with Gasteiger partial charge in [0.1, 0.15) is 5.75 Å². The molecular formula is C24H24N4O4S. The van der Waals surface area contributed by atoms with Crippen molar-refractivity contribution in [3.05, 3.63) is 60.3 Å². The Morgan fingerprint density at radius 2 is 1.97 bits per heavy atom. The molecule has 0 unspecified atom stereocenters. The second-order valence-electron chi connectivity index (χ2n) is 7.68. The molecule has 0 radical (unpaired) electrons. The molecule has 8 nitrogen and oxygen atoms in total. The predicted octanol–water partition coefficient (Wildman–Crippen LogP) is 3.94. The monoisotopic (exact) mass is 464 g/mol. The third-order valence-electron chi connectivity index (χ3n) is 5.59. The number of nitrogens with zero attached hydrogens (tertiary/aromatic N) is 4. The number of rotatable bonds is 7. The van der Waals surface area contributed by atoms with Crippen LogP contribution in [0.4, 0.5) is 5.13 Å². The van der Waals surface area contributed by atoms with Crippen molar-refractivity contribution in [2.75, 3.05) is 51.4 Å². The van der Waals surface area contributed by atoms with Gasteiger partial charge in [-0.1, -0.05) is 46.8 Å². The second-order valence-corrected chi connectivity index (χ2v) is 8.69. The number of ether oxygens (including phenoxy) is 2. The molecule has 170 valence electrons. The number of methoxy groups -OCH3 is 1. The lowest BCUT2D eigenvalue weighted by molar-refractivity contribution is 0.0391. The predicted molar refractivity (Wildman–Crippen MR) is 127 cm³/mol. The molecule has 0 N–H and O–H groups in total. The van der Waals surface area contributed by atoms with Crippen LogP contribution in [0.5, 0.6) is 5.75 Å².